The van der Waals surface area contributed by atoms with E-state index in [4.69, 9.17) is 0 Å². The van der Waals surface area contributed by atoms with Crippen molar-refractivity contribution < 1.29 is 13.2 Å². The summed E-state index contributed by atoms with van der Waals surface area (Å²) in [5.74, 6) is -0.114. The quantitative estimate of drug-likeness (QED) is 0.847. The summed E-state index contributed by atoms with van der Waals surface area (Å²) in [4.78, 5) is 14.8. The molecule has 1 amide bonds. The molecule has 0 aliphatic carbocycles. The van der Waals surface area contributed by atoms with E-state index in [-0.39, 0.29) is 17.7 Å². The molecule has 0 N–H and O–H groups in total. The molecule has 128 valence electrons. The van der Waals surface area contributed by atoms with Gasteiger partial charge in [-0.25, -0.2) is 8.42 Å². The van der Waals surface area contributed by atoms with Crippen molar-refractivity contribution in [2.75, 3.05) is 12.8 Å². The van der Waals surface area contributed by atoms with Gasteiger partial charge in [-0.1, -0.05) is 12.1 Å². The van der Waals surface area contributed by atoms with Crippen molar-refractivity contribution in [3.63, 3.8) is 0 Å². The zero-order chi connectivity index (χ0) is 17.3. The van der Waals surface area contributed by atoms with Gasteiger partial charge in [0, 0.05) is 37.2 Å². The van der Waals surface area contributed by atoms with E-state index in [9.17, 15) is 13.2 Å². The molecule has 0 saturated carbocycles. The van der Waals surface area contributed by atoms with Crippen LogP contribution in [0.2, 0.25) is 0 Å². The summed E-state index contributed by atoms with van der Waals surface area (Å²) >= 11 is 0. The van der Waals surface area contributed by atoms with Gasteiger partial charge in [-0.2, -0.15) is 5.10 Å². The molecule has 0 unspecified atom stereocenters. The first-order chi connectivity index (χ1) is 11.3. The SMILES string of the molecule is Cn1cc([C@H]2CCCN2C(=O)c2cccc(CS(C)(=O)=O)c2)cn1. The van der Waals surface area contributed by atoms with Crippen LogP contribution in [0.25, 0.3) is 0 Å². The van der Waals surface area contributed by atoms with Crippen LogP contribution in [0, 0.1) is 0 Å². The van der Waals surface area contributed by atoms with Crippen LogP contribution >= 0.6 is 0 Å². The van der Waals surface area contributed by atoms with Crippen LogP contribution in [-0.2, 0) is 22.6 Å². The van der Waals surface area contributed by atoms with E-state index in [2.05, 4.69) is 5.10 Å². The van der Waals surface area contributed by atoms with Crippen molar-refractivity contribution in [3.8, 4) is 0 Å². The van der Waals surface area contributed by atoms with Gasteiger partial charge in [-0.3, -0.25) is 9.48 Å². The Morgan fingerprint density at radius 1 is 1.38 bits per heavy atom. The summed E-state index contributed by atoms with van der Waals surface area (Å²) in [7, 11) is -1.27. The highest BCUT2D eigenvalue weighted by Gasteiger charge is 2.31. The third-order valence-electron chi connectivity index (χ3n) is 4.23. The van der Waals surface area contributed by atoms with E-state index in [0.29, 0.717) is 17.7 Å². The molecular formula is C17H21N3O3S. The summed E-state index contributed by atoms with van der Waals surface area (Å²) in [5, 5.41) is 4.19. The molecule has 1 aromatic heterocycles. The van der Waals surface area contributed by atoms with Crippen molar-refractivity contribution in [1.29, 1.82) is 0 Å². The second-order valence-electron chi connectivity index (χ2n) is 6.37. The molecule has 0 bridgehead atoms. The minimum absolute atomic E-state index is 0.0322. The minimum Gasteiger partial charge on any atom is -0.331 e. The lowest BCUT2D eigenvalue weighted by Gasteiger charge is -2.24. The van der Waals surface area contributed by atoms with Crippen molar-refractivity contribution in [1.82, 2.24) is 14.7 Å². The Morgan fingerprint density at radius 2 is 2.17 bits per heavy atom. The molecule has 6 nitrogen and oxygen atoms in total. The van der Waals surface area contributed by atoms with E-state index in [0.717, 1.165) is 18.4 Å². The number of carbonyl (C=O) groups is 1. The second-order valence-corrected chi connectivity index (χ2v) is 8.51. The van der Waals surface area contributed by atoms with Gasteiger partial charge in [-0.05, 0) is 30.5 Å². The predicted octanol–water partition coefficient (Wildman–Crippen LogP) is 1.94. The highest BCUT2D eigenvalue weighted by molar-refractivity contribution is 7.89. The Kier molecular flexibility index (Phi) is 4.45. The highest BCUT2D eigenvalue weighted by atomic mass is 32.2. The largest absolute Gasteiger partial charge is 0.331 e. The first-order valence-corrected chi connectivity index (χ1v) is 9.96. The highest BCUT2D eigenvalue weighted by Crippen LogP contribution is 2.32. The number of aromatic nitrogens is 2. The number of nitrogens with zero attached hydrogens (tertiary/aromatic N) is 3. The summed E-state index contributed by atoms with van der Waals surface area (Å²) in [6.45, 7) is 0.703. The van der Waals surface area contributed by atoms with E-state index >= 15 is 0 Å². The first kappa shape index (κ1) is 16.7. The Balaban J connectivity index is 1.84. The molecule has 24 heavy (non-hydrogen) atoms. The van der Waals surface area contributed by atoms with Gasteiger partial charge in [0.25, 0.3) is 5.91 Å². The van der Waals surface area contributed by atoms with Crippen molar-refractivity contribution in [2.45, 2.75) is 24.6 Å². The van der Waals surface area contributed by atoms with Gasteiger partial charge in [0.1, 0.15) is 0 Å². The number of amides is 1. The van der Waals surface area contributed by atoms with Crippen LogP contribution in [0.4, 0.5) is 0 Å². The van der Waals surface area contributed by atoms with Crippen LogP contribution in [0.3, 0.4) is 0 Å². The van der Waals surface area contributed by atoms with Gasteiger partial charge in [-0.15, -0.1) is 0 Å². The van der Waals surface area contributed by atoms with Crippen molar-refractivity contribution in [3.05, 3.63) is 53.3 Å². The average molecular weight is 347 g/mol. The molecule has 2 aromatic rings. The topological polar surface area (TPSA) is 72.3 Å². The van der Waals surface area contributed by atoms with Gasteiger partial charge in [0.05, 0.1) is 18.0 Å². The molecule has 1 saturated heterocycles. The molecule has 0 radical (unpaired) electrons. The van der Waals surface area contributed by atoms with Gasteiger partial charge >= 0.3 is 0 Å². The van der Waals surface area contributed by atoms with E-state index in [1.54, 1.807) is 35.1 Å². The van der Waals surface area contributed by atoms with Crippen molar-refractivity contribution in [2.24, 2.45) is 7.05 Å². The molecule has 1 aliphatic rings. The third-order valence-corrected chi connectivity index (χ3v) is 5.08. The number of sulfone groups is 1. The lowest BCUT2D eigenvalue weighted by molar-refractivity contribution is 0.0735. The molecule has 7 heteroatoms. The Morgan fingerprint density at radius 3 is 2.83 bits per heavy atom. The van der Waals surface area contributed by atoms with Gasteiger partial charge in [0.15, 0.2) is 9.84 Å². The number of hydrogen-bond donors (Lipinski definition) is 0. The van der Waals surface area contributed by atoms with Crippen LogP contribution in [-0.4, -0.2) is 41.8 Å². The Bertz CT molecular complexity index is 857. The fourth-order valence-corrected chi connectivity index (χ4v) is 4.02. The lowest BCUT2D eigenvalue weighted by atomic mass is 10.1. The number of likely N-dealkylation sites (tertiary alicyclic amines) is 1. The monoisotopic (exact) mass is 347 g/mol. The number of hydrogen-bond acceptors (Lipinski definition) is 4. The van der Waals surface area contributed by atoms with E-state index in [1.165, 1.54) is 6.26 Å². The second kappa shape index (κ2) is 6.39. The first-order valence-electron chi connectivity index (χ1n) is 7.90. The van der Waals surface area contributed by atoms with E-state index < -0.39 is 9.84 Å². The van der Waals surface area contributed by atoms with Crippen LogP contribution in [0.1, 0.15) is 40.4 Å². The maximum absolute atomic E-state index is 12.9. The molecule has 1 atom stereocenters. The molecule has 1 aromatic carbocycles. The van der Waals surface area contributed by atoms with Gasteiger partial charge < -0.3 is 4.90 Å². The molecule has 2 heterocycles. The third kappa shape index (κ3) is 3.67. The van der Waals surface area contributed by atoms with Gasteiger partial charge in [0.2, 0.25) is 0 Å². The molecular weight excluding hydrogens is 326 g/mol. The smallest absolute Gasteiger partial charge is 0.254 e. The Hall–Kier alpha value is -2.15. The summed E-state index contributed by atoms with van der Waals surface area (Å²) in [6.07, 6.45) is 6.81. The maximum atomic E-state index is 12.9. The van der Waals surface area contributed by atoms with Crippen molar-refractivity contribution >= 4 is 15.7 Å². The maximum Gasteiger partial charge on any atom is 0.254 e. The fourth-order valence-electron chi connectivity index (χ4n) is 3.23. The zero-order valence-electron chi connectivity index (χ0n) is 13.8. The zero-order valence-corrected chi connectivity index (χ0v) is 14.7. The standard InChI is InChI=1S/C17H21N3O3S/c1-19-11-15(10-18-19)16-7-4-8-20(16)17(21)14-6-3-5-13(9-14)12-24(2,22)23/h3,5-6,9-11,16H,4,7-8,12H2,1-2H3/t16-/m1/s1. The average Bonchev–Trinajstić information content (AvgIpc) is 3.13. The number of aryl methyl sites for hydroxylation is 1. The van der Waals surface area contributed by atoms with Crippen LogP contribution in [0.5, 0.6) is 0 Å². The predicted molar refractivity (Wildman–Crippen MR) is 91.2 cm³/mol. The molecule has 0 spiro atoms. The van der Waals surface area contributed by atoms with Crippen LogP contribution in [0.15, 0.2) is 36.7 Å². The molecule has 1 aliphatic heterocycles. The normalized spacial score (nSPS) is 18.1. The fraction of sp³-hybridized carbons (Fsp3) is 0.412. The minimum atomic E-state index is -3.13. The number of carbonyl (C=O) groups excluding carboxylic acids is 1. The molecule has 1 fully saturated rings. The van der Waals surface area contributed by atoms with Crippen LogP contribution < -0.4 is 0 Å². The summed E-state index contributed by atoms with van der Waals surface area (Å²) < 4.78 is 24.7. The van der Waals surface area contributed by atoms with E-state index in [1.807, 2.05) is 18.1 Å². The Labute approximate surface area is 142 Å². The number of rotatable bonds is 4. The summed E-state index contributed by atoms with van der Waals surface area (Å²) in [5.41, 5.74) is 2.21. The lowest BCUT2D eigenvalue weighted by Crippen LogP contribution is -2.30. The molecule has 3 rings (SSSR count). The summed E-state index contributed by atoms with van der Waals surface area (Å²) in [6, 6.07) is 6.93. The number of benzene rings is 1.